The fourth-order valence-electron chi connectivity index (χ4n) is 3.11. The van der Waals surface area contributed by atoms with Gasteiger partial charge in [-0.1, -0.05) is 58.0 Å². The summed E-state index contributed by atoms with van der Waals surface area (Å²) < 4.78 is 0. The summed E-state index contributed by atoms with van der Waals surface area (Å²) in [6.07, 6.45) is 2.47. The van der Waals surface area contributed by atoms with Gasteiger partial charge in [-0.15, -0.1) is 0 Å². The number of hydrogen-bond acceptors (Lipinski definition) is 2. The van der Waals surface area contributed by atoms with Gasteiger partial charge in [-0.05, 0) is 36.8 Å². The Morgan fingerprint density at radius 3 is 2.48 bits per heavy atom. The molecule has 0 aromatic heterocycles. The maximum atomic E-state index is 3.76. The van der Waals surface area contributed by atoms with E-state index < -0.39 is 0 Å². The first-order chi connectivity index (χ1) is 10.1. The molecule has 1 heterocycles. The molecule has 0 spiro atoms. The first kappa shape index (κ1) is 16.5. The first-order valence-corrected chi connectivity index (χ1v) is 8.57. The van der Waals surface area contributed by atoms with Crippen LogP contribution in [0.2, 0.25) is 0 Å². The van der Waals surface area contributed by atoms with Crippen LogP contribution in [0.5, 0.6) is 0 Å². The molecule has 2 nitrogen and oxygen atoms in total. The highest BCUT2D eigenvalue weighted by Crippen LogP contribution is 2.18. The zero-order chi connectivity index (χ0) is 15.2. The largest absolute Gasteiger partial charge is 0.311 e. The van der Waals surface area contributed by atoms with E-state index in [1.807, 2.05) is 0 Å². The number of nitrogens with one attached hydrogen (secondary N) is 1. The molecule has 1 N–H and O–H groups in total. The Labute approximate surface area is 130 Å². The SMILES string of the molecule is CC(C)CCN1CC(C(C)C)NCC1Cc1ccccc1. The minimum absolute atomic E-state index is 0.640. The molecule has 1 aromatic carbocycles. The summed E-state index contributed by atoms with van der Waals surface area (Å²) in [5, 5.41) is 3.76. The molecule has 0 bridgehead atoms. The van der Waals surface area contributed by atoms with Crippen LogP contribution < -0.4 is 5.32 Å². The van der Waals surface area contributed by atoms with Gasteiger partial charge >= 0.3 is 0 Å². The predicted octanol–water partition coefficient (Wildman–Crippen LogP) is 3.57. The molecule has 1 fully saturated rings. The number of hydrogen-bond donors (Lipinski definition) is 1. The van der Waals surface area contributed by atoms with Gasteiger partial charge in [0.25, 0.3) is 0 Å². The van der Waals surface area contributed by atoms with Crippen molar-refractivity contribution in [1.82, 2.24) is 10.2 Å². The van der Waals surface area contributed by atoms with Crippen molar-refractivity contribution in [3.05, 3.63) is 35.9 Å². The Hall–Kier alpha value is -0.860. The van der Waals surface area contributed by atoms with Crippen LogP contribution in [0.3, 0.4) is 0 Å². The maximum Gasteiger partial charge on any atom is 0.0261 e. The van der Waals surface area contributed by atoms with Gasteiger partial charge in [0.2, 0.25) is 0 Å². The van der Waals surface area contributed by atoms with Gasteiger partial charge in [0.15, 0.2) is 0 Å². The van der Waals surface area contributed by atoms with Crippen molar-refractivity contribution < 1.29 is 0 Å². The average molecular weight is 288 g/mol. The van der Waals surface area contributed by atoms with E-state index in [4.69, 9.17) is 0 Å². The van der Waals surface area contributed by atoms with E-state index in [1.54, 1.807) is 0 Å². The molecule has 21 heavy (non-hydrogen) atoms. The minimum atomic E-state index is 0.640. The van der Waals surface area contributed by atoms with Crippen molar-refractivity contribution >= 4 is 0 Å². The van der Waals surface area contributed by atoms with Gasteiger partial charge in [-0.25, -0.2) is 0 Å². The summed E-state index contributed by atoms with van der Waals surface area (Å²) in [5.41, 5.74) is 1.46. The van der Waals surface area contributed by atoms with Crippen LogP contribution in [-0.2, 0) is 6.42 Å². The van der Waals surface area contributed by atoms with Crippen molar-refractivity contribution in [3.8, 4) is 0 Å². The lowest BCUT2D eigenvalue weighted by molar-refractivity contribution is 0.107. The van der Waals surface area contributed by atoms with Crippen molar-refractivity contribution in [2.45, 2.75) is 52.6 Å². The molecule has 0 amide bonds. The summed E-state index contributed by atoms with van der Waals surface area (Å²) in [4.78, 5) is 2.73. The van der Waals surface area contributed by atoms with E-state index in [-0.39, 0.29) is 0 Å². The molecular weight excluding hydrogens is 256 g/mol. The Balaban J connectivity index is 1.99. The standard InChI is InChI=1S/C19H32N2/c1-15(2)10-11-21-14-19(16(3)4)20-13-18(21)12-17-8-6-5-7-9-17/h5-9,15-16,18-20H,10-14H2,1-4H3. The second-order valence-electron chi connectivity index (χ2n) is 7.28. The van der Waals surface area contributed by atoms with Gasteiger partial charge in [-0.2, -0.15) is 0 Å². The summed E-state index contributed by atoms with van der Waals surface area (Å²) in [5.74, 6) is 1.50. The molecule has 0 saturated carbocycles. The Morgan fingerprint density at radius 1 is 1.14 bits per heavy atom. The third kappa shape index (κ3) is 5.12. The predicted molar refractivity (Wildman–Crippen MR) is 91.6 cm³/mol. The normalized spacial score (nSPS) is 23.9. The zero-order valence-corrected chi connectivity index (χ0v) is 14.2. The monoisotopic (exact) mass is 288 g/mol. The van der Waals surface area contributed by atoms with E-state index in [0.29, 0.717) is 18.0 Å². The molecule has 2 heteroatoms. The van der Waals surface area contributed by atoms with Crippen molar-refractivity contribution in [3.63, 3.8) is 0 Å². The van der Waals surface area contributed by atoms with Crippen LogP contribution in [-0.4, -0.2) is 36.6 Å². The molecule has 118 valence electrons. The van der Waals surface area contributed by atoms with Gasteiger partial charge in [0.1, 0.15) is 0 Å². The lowest BCUT2D eigenvalue weighted by Gasteiger charge is -2.42. The Kier molecular flexibility index (Phi) is 6.25. The fourth-order valence-corrected chi connectivity index (χ4v) is 3.11. The van der Waals surface area contributed by atoms with E-state index in [2.05, 4.69) is 68.2 Å². The molecular formula is C19H32N2. The topological polar surface area (TPSA) is 15.3 Å². The van der Waals surface area contributed by atoms with Crippen LogP contribution in [0.25, 0.3) is 0 Å². The molecule has 2 unspecified atom stereocenters. The number of rotatable bonds is 6. The molecule has 2 atom stereocenters. The van der Waals surface area contributed by atoms with Crippen LogP contribution in [0.15, 0.2) is 30.3 Å². The number of benzene rings is 1. The zero-order valence-electron chi connectivity index (χ0n) is 14.2. The van der Waals surface area contributed by atoms with Gasteiger partial charge < -0.3 is 5.32 Å². The van der Waals surface area contributed by atoms with E-state index >= 15 is 0 Å². The highest BCUT2D eigenvalue weighted by Gasteiger charge is 2.29. The summed E-state index contributed by atoms with van der Waals surface area (Å²) in [6, 6.07) is 12.2. The van der Waals surface area contributed by atoms with E-state index in [0.717, 1.165) is 18.9 Å². The number of piperazine rings is 1. The van der Waals surface area contributed by atoms with Crippen molar-refractivity contribution in [2.24, 2.45) is 11.8 Å². The van der Waals surface area contributed by atoms with Crippen LogP contribution in [0.1, 0.15) is 39.7 Å². The Bertz CT molecular complexity index is 399. The highest BCUT2D eigenvalue weighted by molar-refractivity contribution is 5.16. The van der Waals surface area contributed by atoms with Gasteiger partial charge in [0, 0.05) is 25.2 Å². The summed E-state index contributed by atoms with van der Waals surface area (Å²) >= 11 is 0. The Morgan fingerprint density at radius 2 is 1.86 bits per heavy atom. The molecule has 0 radical (unpaired) electrons. The molecule has 1 saturated heterocycles. The second kappa shape index (κ2) is 7.95. The fraction of sp³-hybridized carbons (Fsp3) is 0.684. The smallest absolute Gasteiger partial charge is 0.0261 e. The maximum absolute atomic E-state index is 3.76. The van der Waals surface area contributed by atoms with E-state index in [1.165, 1.54) is 25.1 Å². The molecule has 1 aliphatic heterocycles. The quantitative estimate of drug-likeness (QED) is 0.861. The second-order valence-corrected chi connectivity index (χ2v) is 7.28. The van der Waals surface area contributed by atoms with Crippen LogP contribution >= 0.6 is 0 Å². The average Bonchev–Trinajstić information content (AvgIpc) is 2.47. The lowest BCUT2D eigenvalue weighted by atomic mass is 9.95. The van der Waals surface area contributed by atoms with E-state index in [9.17, 15) is 0 Å². The van der Waals surface area contributed by atoms with Crippen molar-refractivity contribution in [2.75, 3.05) is 19.6 Å². The highest BCUT2D eigenvalue weighted by atomic mass is 15.2. The lowest BCUT2D eigenvalue weighted by Crippen LogP contribution is -2.58. The summed E-state index contributed by atoms with van der Waals surface area (Å²) in [7, 11) is 0. The third-order valence-corrected chi connectivity index (χ3v) is 4.68. The molecule has 1 aromatic rings. The summed E-state index contributed by atoms with van der Waals surface area (Å²) in [6.45, 7) is 12.9. The van der Waals surface area contributed by atoms with Crippen molar-refractivity contribution in [1.29, 1.82) is 0 Å². The third-order valence-electron chi connectivity index (χ3n) is 4.68. The van der Waals surface area contributed by atoms with Crippen LogP contribution in [0, 0.1) is 11.8 Å². The first-order valence-electron chi connectivity index (χ1n) is 8.57. The molecule has 1 aliphatic rings. The van der Waals surface area contributed by atoms with Gasteiger partial charge in [0.05, 0.1) is 0 Å². The number of nitrogens with zero attached hydrogens (tertiary/aromatic N) is 1. The molecule has 2 rings (SSSR count). The molecule has 0 aliphatic carbocycles. The minimum Gasteiger partial charge on any atom is -0.311 e. The van der Waals surface area contributed by atoms with Gasteiger partial charge in [-0.3, -0.25) is 4.90 Å². The van der Waals surface area contributed by atoms with Crippen LogP contribution in [0.4, 0.5) is 0 Å².